The highest BCUT2D eigenvalue weighted by Crippen LogP contribution is 2.37. The molecule has 7 heteroatoms. The SMILES string of the molecule is CCOc1ccc(C(=O)NCCNC(=O)c2ccc(C3CCC(CC(=O)O)CC3)cc2)cc1. The van der Waals surface area contributed by atoms with Crippen molar-refractivity contribution < 1.29 is 24.2 Å². The molecule has 33 heavy (non-hydrogen) atoms. The highest BCUT2D eigenvalue weighted by molar-refractivity contribution is 5.95. The van der Waals surface area contributed by atoms with Gasteiger partial charge in [-0.2, -0.15) is 0 Å². The number of carbonyl (C=O) groups excluding carboxylic acids is 2. The molecule has 1 saturated carbocycles. The molecule has 176 valence electrons. The predicted octanol–water partition coefficient (Wildman–Crippen LogP) is 3.99. The van der Waals surface area contributed by atoms with E-state index in [1.807, 2.05) is 31.2 Å². The largest absolute Gasteiger partial charge is 0.494 e. The van der Waals surface area contributed by atoms with Crippen molar-refractivity contribution in [2.24, 2.45) is 5.92 Å². The van der Waals surface area contributed by atoms with Crippen LogP contribution in [0.3, 0.4) is 0 Å². The number of carboxylic acid groups (broad SMARTS) is 1. The average molecular weight is 453 g/mol. The van der Waals surface area contributed by atoms with Crippen molar-refractivity contribution in [3.05, 3.63) is 65.2 Å². The van der Waals surface area contributed by atoms with E-state index in [2.05, 4.69) is 10.6 Å². The molecule has 0 unspecified atom stereocenters. The van der Waals surface area contributed by atoms with Crippen LogP contribution in [0.25, 0.3) is 0 Å². The molecule has 1 aliphatic rings. The zero-order chi connectivity index (χ0) is 23.6. The van der Waals surface area contributed by atoms with E-state index in [0.717, 1.165) is 31.4 Å². The van der Waals surface area contributed by atoms with E-state index in [1.54, 1.807) is 24.3 Å². The second kappa shape index (κ2) is 12.0. The Morgan fingerprint density at radius 3 is 1.85 bits per heavy atom. The van der Waals surface area contributed by atoms with E-state index in [4.69, 9.17) is 9.84 Å². The summed E-state index contributed by atoms with van der Waals surface area (Å²) in [5.74, 6) is 0.322. The maximum atomic E-state index is 12.4. The van der Waals surface area contributed by atoms with Crippen LogP contribution in [-0.2, 0) is 4.79 Å². The van der Waals surface area contributed by atoms with Crippen molar-refractivity contribution in [1.82, 2.24) is 10.6 Å². The Balaban J connectivity index is 1.39. The van der Waals surface area contributed by atoms with Gasteiger partial charge in [-0.3, -0.25) is 14.4 Å². The molecule has 0 spiro atoms. The Hall–Kier alpha value is -3.35. The van der Waals surface area contributed by atoms with Gasteiger partial charge < -0.3 is 20.5 Å². The van der Waals surface area contributed by atoms with E-state index in [9.17, 15) is 14.4 Å². The first-order valence-corrected chi connectivity index (χ1v) is 11.6. The lowest BCUT2D eigenvalue weighted by molar-refractivity contribution is -0.138. The second-order valence-electron chi connectivity index (χ2n) is 8.41. The third-order valence-electron chi connectivity index (χ3n) is 6.08. The van der Waals surface area contributed by atoms with Crippen LogP contribution in [0.1, 0.15) is 71.2 Å². The van der Waals surface area contributed by atoms with E-state index >= 15 is 0 Å². The van der Waals surface area contributed by atoms with Gasteiger partial charge in [0.15, 0.2) is 0 Å². The van der Waals surface area contributed by atoms with E-state index in [1.165, 1.54) is 5.56 Å². The van der Waals surface area contributed by atoms with Crippen LogP contribution in [0.4, 0.5) is 0 Å². The van der Waals surface area contributed by atoms with Crippen LogP contribution in [-0.4, -0.2) is 42.6 Å². The number of aliphatic carboxylic acids is 1. The minimum atomic E-state index is -0.718. The fraction of sp³-hybridized carbons (Fsp3) is 0.423. The van der Waals surface area contributed by atoms with E-state index in [-0.39, 0.29) is 24.2 Å². The Morgan fingerprint density at radius 2 is 1.36 bits per heavy atom. The molecule has 0 saturated heterocycles. The standard InChI is InChI=1S/C26H32N2O5/c1-2-33-23-13-11-22(12-14-23)26(32)28-16-15-27-25(31)21-9-7-20(8-10-21)19-5-3-18(4-6-19)17-24(29)30/h7-14,18-19H,2-6,15-17H2,1H3,(H,27,31)(H,28,32)(H,29,30). The molecule has 7 nitrogen and oxygen atoms in total. The number of carboxylic acids is 1. The van der Waals surface area contributed by atoms with Crippen LogP contribution in [0.15, 0.2) is 48.5 Å². The van der Waals surface area contributed by atoms with Gasteiger partial charge in [0.2, 0.25) is 0 Å². The number of carbonyl (C=O) groups is 3. The number of amides is 2. The maximum absolute atomic E-state index is 12.4. The van der Waals surface area contributed by atoms with Crippen molar-refractivity contribution in [3.8, 4) is 5.75 Å². The summed E-state index contributed by atoms with van der Waals surface area (Å²) in [5, 5.41) is 14.6. The summed E-state index contributed by atoms with van der Waals surface area (Å²) in [5.41, 5.74) is 2.32. The Labute approximate surface area is 194 Å². The number of nitrogens with one attached hydrogen (secondary N) is 2. The molecule has 2 aromatic rings. The molecule has 0 aromatic heterocycles. The number of benzene rings is 2. The third-order valence-corrected chi connectivity index (χ3v) is 6.08. The Morgan fingerprint density at radius 1 is 0.848 bits per heavy atom. The van der Waals surface area contributed by atoms with Gasteiger partial charge in [0, 0.05) is 30.6 Å². The van der Waals surface area contributed by atoms with Crippen LogP contribution in [0, 0.1) is 5.92 Å². The molecule has 1 fully saturated rings. The minimum Gasteiger partial charge on any atom is -0.494 e. The van der Waals surface area contributed by atoms with Crippen molar-refractivity contribution >= 4 is 17.8 Å². The minimum absolute atomic E-state index is 0.179. The number of hydrogen-bond acceptors (Lipinski definition) is 4. The smallest absolute Gasteiger partial charge is 0.303 e. The Bertz CT molecular complexity index is 932. The molecule has 0 heterocycles. The summed E-state index contributed by atoms with van der Waals surface area (Å²) in [6, 6.07) is 14.6. The fourth-order valence-corrected chi connectivity index (χ4v) is 4.28. The van der Waals surface area contributed by atoms with Gasteiger partial charge in [0.25, 0.3) is 11.8 Å². The molecular formula is C26H32N2O5. The van der Waals surface area contributed by atoms with Crippen molar-refractivity contribution in [3.63, 3.8) is 0 Å². The van der Waals surface area contributed by atoms with Crippen LogP contribution in [0.2, 0.25) is 0 Å². The molecule has 0 aliphatic heterocycles. The fourth-order valence-electron chi connectivity index (χ4n) is 4.28. The first-order valence-electron chi connectivity index (χ1n) is 11.6. The lowest BCUT2D eigenvalue weighted by Gasteiger charge is -2.28. The molecule has 2 aromatic carbocycles. The van der Waals surface area contributed by atoms with Gasteiger partial charge in [0.1, 0.15) is 5.75 Å². The number of hydrogen-bond donors (Lipinski definition) is 3. The quantitative estimate of drug-likeness (QED) is 0.473. The molecule has 3 rings (SSSR count). The van der Waals surface area contributed by atoms with Crippen LogP contribution >= 0.6 is 0 Å². The zero-order valence-corrected chi connectivity index (χ0v) is 19.0. The molecule has 1 aliphatic carbocycles. The predicted molar refractivity (Wildman–Crippen MR) is 126 cm³/mol. The Kier molecular flexibility index (Phi) is 8.87. The topological polar surface area (TPSA) is 105 Å². The maximum Gasteiger partial charge on any atom is 0.303 e. The van der Waals surface area contributed by atoms with Crippen molar-refractivity contribution in [2.45, 2.75) is 44.9 Å². The van der Waals surface area contributed by atoms with Gasteiger partial charge >= 0.3 is 5.97 Å². The van der Waals surface area contributed by atoms with Gasteiger partial charge in [-0.15, -0.1) is 0 Å². The van der Waals surface area contributed by atoms with E-state index < -0.39 is 5.97 Å². The van der Waals surface area contributed by atoms with Crippen molar-refractivity contribution in [1.29, 1.82) is 0 Å². The molecular weight excluding hydrogens is 420 g/mol. The third kappa shape index (κ3) is 7.34. The normalized spacial score (nSPS) is 17.7. The van der Waals surface area contributed by atoms with Crippen LogP contribution in [0.5, 0.6) is 5.75 Å². The molecule has 3 N–H and O–H groups in total. The summed E-state index contributed by atoms with van der Waals surface area (Å²) < 4.78 is 5.37. The molecule has 0 atom stereocenters. The zero-order valence-electron chi connectivity index (χ0n) is 19.0. The molecule has 0 bridgehead atoms. The lowest BCUT2D eigenvalue weighted by Crippen LogP contribution is -2.34. The van der Waals surface area contributed by atoms with Gasteiger partial charge in [-0.05, 0) is 86.4 Å². The van der Waals surface area contributed by atoms with Gasteiger partial charge in [0.05, 0.1) is 6.61 Å². The van der Waals surface area contributed by atoms with Gasteiger partial charge in [-0.1, -0.05) is 12.1 Å². The lowest BCUT2D eigenvalue weighted by atomic mass is 9.77. The summed E-state index contributed by atoms with van der Waals surface area (Å²) in [7, 11) is 0. The first-order chi connectivity index (χ1) is 16.0. The highest BCUT2D eigenvalue weighted by atomic mass is 16.5. The summed E-state index contributed by atoms with van der Waals surface area (Å²) in [6.07, 6.45) is 4.09. The monoisotopic (exact) mass is 452 g/mol. The highest BCUT2D eigenvalue weighted by Gasteiger charge is 2.24. The molecule has 0 radical (unpaired) electrons. The van der Waals surface area contributed by atoms with Gasteiger partial charge in [-0.25, -0.2) is 0 Å². The summed E-state index contributed by atoms with van der Waals surface area (Å²) >= 11 is 0. The molecule has 2 amide bonds. The summed E-state index contributed by atoms with van der Waals surface area (Å²) in [6.45, 7) is 3.14. The number of rotatable bonds is 10. The average Bonchev–Trinajstić information content (AvgIpc) is 2.82. The first kappa shape index (κ1) is 24.3. The number of ether oxygens (including phenoxy) is 1. The second-order valence-corrected chi connectivity index (χ2v) is 8.41. The summed E-state index contributed by atoms with van der Waals surface area (Å²) in [4.78, 5) is 35.5. The van der Waals surface area contributed by atoms with Crippen molar-refractivity contribution in [2.75, 3.05) is 19.7 Å². The van der Waals surface area contributed by atoms with Crippen LogP contribution < -0.4 is 15.4 Å². The van der Waals surface area contributed by atoms with E-state index in [0.29, 0.717) is 36.7 Å².